The predicted molar refractivity (Wildman–Crippen MR) is 80.1 cm³/mol. The summed E-state index contributed by atoms with van der Waals surface area (Å²) in [5.74, 6) is 1.17. The fourth-order valence-corrected chi connectivity index (χ4v) is 2.45. The molecule has 3 nitrogen and oxygen atoms in total. The number of fused-ring (bicyclic) bond motifs is 1. The van der Waals surface area contributed by atoms with Crippen LogP contribution in [0.15, 0.2) is 48.7 Å². The maximum atomic E-state index is 9.64. The van der Waals surface area contributed by atoms with Crippen LogP contribution in [0.1, 0.15) is 11.1 Å². The smallest absolute Gasteiger partial charge is 0.122 e. The third-order valence-corrected chi connectivity index (χ3v) is 3.53. The summed E-state index contributed by atoms with van der Waals surface area (Å²) in [6.45, 7) is 2.52. The van der Waals surface area contributed by atoms with Gasteiger partial charge in [-0.25, -0.2) is 0 Å². The van der Waals surface area contributed by atoms with Crippen molar-refractivity contribution in [1.82, 2.24) is 4.57 Å². The summed E-state index contributed by atoms with van der Waals surface area (Å²) < 4.78 is 7.94. The molecule has 20 heavy (non-hydrogen) atoms. The monoisotopic (exact) mass is 267 g/mol. The van der Waals surface area contributed by atoms with Crippen LogP contribution < -0.4 is 4.74 Å². The van der Waals surface area contributed by atoms with Crippen LogP contribution in [-0.4, -0.2) is 9.67 Å². The number of aromatic nitrogens is 1. The van der Waals surface area contributed by atoms with Crippen LogP contribution >= 0.6 is 0 Å². The molecule has 0 aliphatic carbocycles. The third-order valence-electron chi connectivity index (χ3n) is 3.53. The quantitative estimate of drug-likeness (QED) is 0.783. The van der Waals surface area contributed by atoms with E-state index in [1.54, 1.807) is 12.1 Å². The zero-order valence-corrected chi connectivity index (χ0v) is 11.6. The molecule has 1 heterocycles. The molecule has 0 aliphatic heterocycles. The summed E-state index contributed by atoms with van der Waals surface area (Å²) in [7, 11) is 2.00. The molecule has 0 saturated heterocycles. The number of nitrogens with zero attached hydrogens (tertiary/aromatic N) is 1. The molecule has 102 valence electrons. The highest BCUT2D eigenvalue weighted by Crippen LogP contribution is 2.26. The second-order valence-electron chi connectivity index (χ2n) is 5.02. The highest BCUT2D eigenvalue weighted by Gasteiger charge is 2.08. The molecule has 0 radical (unpaired) electrons. The minimum Gasteiger partial charge on any atom is -0.508 e. The number of phenols is 1. The highest BCUT2D eigenvalue weighted by molar-refractivity contribution is 5.85. The van der Waals surface area contributed by atoms with Crippen molar-refractivity contribution in [3.63, 3.8) is 0 Å². The average molecular weight is 267 g/mol. The molecule has 1 N–H and O–H groups in total. The molecule has 3 rings (SSSR count). The number of phenolic OH excluding ortho intramolecular Hbond substituents is 1. The molecule has 0 unspecified atom stereocenters. The molecule has 3 heteroatoms. The Morgan fingerprint density at radius 3 is 2.75 bits per heavy atom. The molecule has 0 amide bonds. The zero-order chi connectivity index (χ0) is 14.1. The maximum Gasteiger partial charge on any atom is 0.122 e. The van der Waals surface area contributed by atoms with Gasteiger partial charge in [0.05, 0.1) is 0 Å². The summed E-state index contributed by atoms with van der Waals surface area (Å²) in [6.07, 6.45) is 2.04. The summed E-state index contributed by atoms with van der Waals surface area (Å²) in [5, 5.41) is 10.7. The Balaban J connectivity index is 1.92. The van der Waals surface area contributed by atoms with Gasteiger partial charge in [0.25, 0.3) is 0 Å². The van der Waals surface area contributed by atoms with Crippen molar-refractivity contribution in [2.24, 2.45) is 7.05 Å². The Morgan fingerprint density at radius 1 is 1.15 bits per heavy atom. The lowest BCUT2D eigenvalue weighted by Crippen LogP contribution is -1.96. The number of hydrogen-bond acceptors (Lipinski definition) is 2. The van der Waals surface area contributed by atoms with E-state index in [4.69, 9.17) is 4.74 Å². The molecule has 0 atom stereocenters. The molecule has 0 aliphatic rings. The van der Waals surface area contributed by atoms with Gasteiger partial charge in [0.1, 0.15) is 18.1 Å². The minimum absolute atomic E-state index is 0.279. The molecule has 2 aromatic carbocycles. The number of para-hydroxylation sites is 1. The third kappa shape index (κ3) is 2.23. The lowest BCUT2D eigenvalue weighted by atomic mass is 10.2. The van der Waals surface area contributed by atoms with Crippen LogP contribution in [0.25, 0.3) is 10.9 Å². The van der Waals surface area contributed by atoms with Crippen molar-refractivity contribution < 1.29 is 9.84 Å². The zero-order valence-electron chi connectivity index (χ0n) is 11.6. The van der Waals surface area contributed by atoms with E-state index in [9.17, 15) is 5.11 Å². The summed E-state index contributed by atoms with van der Waals surface area (Å²) in [4.78, 5) is 0. The lowest BCUT2D eigenvalue weighted by Gasteiger charge is -2.08. The van der Waals surface area contributed by atoms with Gasteiger partial charge in [-0.15, -0.1) is 0 Å². The van der Waals surface area contributed by atoms with Crippen LogP contribution in [0.3, 0.4) is 0 Å². The molecular weight excluding hydrogens is 250 g/mol. The van der Waals surface area contributed by atoms with Crippen molar-refractivity contribution >= 4 is 10.9 Å². The normalized spacial score (nSPS) is 10.9. The van der Waals surface area contributed by atoms with Crippen LogP contribution in [0, 0.1) is 6.92 Å². The Labute approximate surface area is 118 Å². The molecule has 0 bridgehead atoms. The molecule has 0 spiro atoms. The number of aryl methyl sites for hydroxylation is 2. The van der Waals surface area contributed by atoms with Gasteiger partial charge in [0.2, 0.25) is 0 Å². The van der Waals surface area contributed by atoms with Gasteiger partial charge in [0.15, 0.2) is 0 Å². The van der Waals surface area contributed by atoms with Gasteiger partial charge < -0.3 is 14.4 Å². The van der Waals surface area contributed by atoms with Crippen LogP contribution in [-0.2, 0) is 13.7 Å². The van der Waals surface area contributed by atoms with E-state index in [2.05, 4.69) is 0 Å². The van der Waals surface area contributed by atoms with E-state index >= 15 is 0 Å². The Hall–Kier alpha value is -2.42. The number of aromatic hydroxyl groups is 1. The maximum absolute atomic E-state index is 9.64. The van der Waals surface area contributed by atoms with E-state index in [1.165, 1.54) is 0 Å². The second kappa shape index (κ2) is 4.93. The van der Waals surface area contributed by atoms with E-state index in [0.717, 1.165) is 27.8 Å². The molecule has 1 aromatic heterocycles. The van der Waals surface area contributed by atoms with Crippen LogP contribution in [0.2, 0.25) is 0 Å². The van der Waals surface area contributed by atoms with E-state index in [1.807, 2.05) is 55.1 Å². The first kappa shape index (κ1) is 12.6. The fourth-order valence-electron chi connectivity index (χ4n) is 2.45. The first-order valence-electron chi connectivity index (χ1n) is 6.60. The highest BCUT2D eigenvalue weighted by atomic mass is 16.5. The summed E-state index contributed by atoms with van der Waals surface area (Å²) >= 11 is 0. The van der Waals surface area contributed by atoms with Crippen molar-refractivity contribution in [3.8, 4) is 11.5 Å². The lowest BCUT2D eigenvalue weighted by molar-refractivity contribution is 0.305. The Morgan fingerprint density at radius 2 is 1.95 bits per heavy atom. The molecule has 3 aromatic rings. The van der Waals surface area contributed by atoms with Crippen molar-refractivity contribution in [2.45, 2.75) is 13.5 Å². The first-order valence-corrected chi connectivity index (χ1v) is 6.60. The van der Waals surface area contributed by atoms with Crippen molar-refractivity contribution in [1.29, 1.82) is 0 Å². The summed E-state index contributed by atoms with van der Waals surface area (Å²) in [5.41, 5.74) is 3.28. The van der Waals surface area contributed by atoms with Crippen molar-refractivity contribution in [3.05, 3.63) is 59.8 Å². The standard InChI is InChI=1S/C17H17NO2/c1-12-5-3-4-6-17(12)20-11-13-10-18(2)16-8-7-14(19)9-15(13)16/h3-10,19H,11H2,1-2H3. The van der Waals surface area contributed by atoms with Gasteiger partial charge in [-0.2, -0.15) is 0 Å². The predicted octanol–water partition coefficient (Wildman–Crippen LogP) is 3.77. The number of benzene rings is 2. The van der Waals surface area contributed by atoms with E-state index in [0.29, 0.717) is 6.61 Å². The van der Waals surface area contributed by atoms with Gasteiger partial charge >= 0.3 is 0 Å². The number of ether oxygens (including phenoxy) is 1. The topological polar surface area (TPSA) is 34.4 Å². The SMILES string of the molecule is Cc1ccccc1OCc1cn(C)c2ccc(O)cc12. The largest absolute Gasteiger partial charge is 0.508 e. The van der Waals surface area contributed by atoms with Crippen LogP contribution in [0.5, 0.6) is 11.5 Å². The van der Waals surface area contributed by atoms with E-state index in [-0.39, 0.29) is 5.75 Å². The summed E-state index contributed by atoms with van der Waals surface area (Å²) in [6, 6.07) is 13.4. The van der Waals surface area contributed by atoms with Gasteiger partial charge in [0, 0.05) is 29.7 Å². The van der Waals surface area contributed by atoms with Gasteiger partial charge in [-0.1, -0.05) is 18.2 Å². The van der Waals surface area contributed by atoms with Gasteiger partial charge in [-0.05, 0) is 36.8 Å². The molecule has 0 saturated carbocycles. The second-order valence-corrected chi connectivity index (χ2v) is 5.02. The molecule has 0 fully saturated rings. The van der Waals surface area contributed by atoms with Crippen LogP contribution in [0.4, 0.5) is 0 Å². The minimum atomic E-state index is 0.279. The Bertz CT molecular complexity index is 759. The first-order chi connectivity index (χ1) is 9.65. The van der Waals surface area contributed by atoms with Crippen molar-refractivity contribution in [2.75, 3.05) is 0 Å². The number of rotatable bonds is 3. The number of hydrogen-bond donors (Lipinski definition) is 1. The fraction of sp³-hybridized carbons (Fsp3) is 0.176. The Kier molecular flexibility index (Phi) is 3.11. The average Bonchev–Trinajstić information content (AvgIpc) is 2.74. The van der Waals surface area contributed by atoms with E-state index < -0.39 is 0 Å². The molecular formula is C17H17NO2. The van der Waals surface area contributed by atoms with Gasteiger partial charge in [-0.3, -0.25) is 0 Å².